The van der Waals surface area contributed by atoms with Crippen molar-refractivity contribution in [3.05, 3.63) is 11.6 Å². The highest BCUT2D eigenvalue weighted by molar-refractivity contribution is 7.95. The number of rotatable bonds is 24. The van der Waals surface area contributed by atoms with Crippen molar-refractivity contribution in [2.24, 2.45) is 23.3 Å². The summed E-state index contributed by atoms with van der Waals surface area (Å²) in [5.41, 5.74) is 10.8. The highest BCUT2D eigenvalue weighted by Crippen LogP contribution is 2.21. The fourth-order valence-corrected chi connectivity index (χ4v) is 6.45. The van der Waals surface area contributed by atoms with E-state index in [1.165, 1.54) is 20.9 Å². The molecule has 14 N–H and O–H groups in total. The van der Waals surface area contributed by atoms with Gasteiger partial charge < -0.3 is 73.5 Å². The molecule has 24 heteroatoms. The predicted molar refractivity (Wildman–Crippen MR) is 201 cm³/mol. The maximum atomic E-state index is 13.9. The summed E-state index contributed by atoms with van der Waals surface area (Å²) in [6.07, 6.45) is -3.52. The normalized spacial score (nSPS) is 19.1. The van der Waals surface area contributed by atoms with E-state index in [2.05, 4.69) is 43.8 Å². The number of aliphatic hydroxyl groups is 3. The molecule has 1 saturated heterocycles. The quantitative estimate of drug-likeness (QED) is 0.0403. The molecule has 1 fully saturated rings. The van der Waals surface area contributed by atoms with Gasteiger partial charge in [0, 0.05) is 44.0 Å². The third kappa shape index (κ3) is 16.2. The number of carbonyl (C=O) groups excluding carboxylic acids is 9. The van der Waals surface area contributed by atoms with Gasteiger partial charge in [0.05, 0.1) is 38.3 Å². The number of aliphatic hydroxyl groups excluding tert-OH is 3. The lowest BCUT2D eigenvalue weighted by Gasteiger charge is -2.31. The van der Waals surface area contributed by atoms with Crippen LogP contribution in [-0.2, 0) is 54.3 Å². The molecule has 10 atom stereocenters. The van der Waals surface area contributed by atoms with E-state index >= 15 is 0 Å². The number of primary amides is 2. The van der Waals surface area contributed by atoms with E-state index in [4.69, 9.17) is 11.5 Å². The number of nitrogens with two attached hydrogens (primary N) is 2. The fourth-order valence-electron chi connectivity index (χ4n) is 5.48. The van der Waals surface area contributed by atoms with E-state index in [1.807, 2.05) is 0 Å². The summed E-state index contributed by atoms with van der Waals surface area (Å²) in [5.74, 6) is -10.4. The van der Waals surface area contributed by atoms with Crippen LogP contribution in [0.15, 0.2) is 11.6 Å². The number of amides is 9. The van der Waals surface area contributed by atoms with Crippen LogP contribution in [0.3, 0.4) is 0 Å². The molecule has 1 heterocycles. The van der Waals surface area contributed by atoms with Gasteiger partial charge >= 0.3 is 0 Å². The molecule has 0 aromatic rings. The summed E-state index contributed by atoms with van der Waals surface area (Å²) in [6.45, 7) is 7.12. The first-order valence-corrected chi connectivity index (χ1v) is 19.2. The molecule has 23 nitrogen and oxygen atoms in total. The molecule has 322 valence electrons. The number of β-amino-alcohol motifs (C(OH)–C–C–N with tert-alkyl or cyclic N) is 1. The van der Waals surface area contributed by atoms with Crippen LogP contribution in [0.1, 0.15) is 47.0 Å². The molecule has 0 spiro atoms. The van der Waals surface area contributed by atoms with Crippen LogP contribution in [0.4, 0.5) is 0 Å². The molecule has 1 aliphatic rings. The summed E-state index contributed by atoms with van der Waals surface area (Å²) in [6, 6.07) is -7.64. The molecule has 0 aliphatic carbocycles. The topological polar surface area (TPSA) is 377 Å². The highest BCUT2D eigenvalue weighted by Gasteiger charge is 2.44. The number of likely N-dealkylation sites (tertiary alicyclic amines) is 1. The Morgan fingerprint density at radius 3 is 2.04 bits per heavy atom. The van der Waals surface area contributed by atoms with E-state index in [1.54, 1.807) is 13.8 Å². The molecule has 0 radical (unpaired) electrons. The van der Waals surface area contributed by atoms with Crippen LogP contribution in [0.2, 0.25) is 0 Å². The lowest BCUT2D eigenvalue weighted by molar-refractivity contribution is -0.143. The molecule has 9 amide bonds. The molecular formula is C33H56N10O13S. The van der Waals surface area contributed by atoms with Gasteiger partial charge in [0.2, 0.25) is 58.2 Å². The molecule has 0 bridgehead atoms. The maximum absolute atomic E-state index is 13.9. The minimum Gasteiger partial charge on any atom is -0.610 e. The van der Waals surface area contributed by atoms with E-state index in [-0.39, 0.29) is 11.4 Å². The van der Waals surface area contributed by atoms with Crippen LogP contribution < -0.4 is 48.7 Å². The Morgan fingerprint density at radius 2 is 1.51 bits per heavy atom. The second-order valence-electron chi connectivity index (χ2n) is 13.5. The van der Waals surface area contributed by atoms with E-state index in [0.29, 0.717) is 6.42 Å². The highest BCUT2D eigenvalue weighted by atomic mass is 32.2. The molecule has 57 heavy (non-hydrogen) atoms. The Labute approximate surface area is 332 Å². The summed E-state index contributed by atoms with van der Waals surface area (Å²) < 4.78 is 12.9. The van der Waals surface area contributed by atoms with E-state index < -0.39 is 157 Å². The third-order valence-corrected chi connectivity index (χ3v) is 10.5. The van der Waals surface area contributed by atoms with Crippen molar-refractivity contribution >= 4 is 64.3 Å². The number of nitrogens with zero attached hydrogens (tertiary/aromatic N) is 1. The minimum atomic E-state index is -2.03. The molecule has 1 rings (SSSR count). The van der Waals surface area contributed by atoms with Crippen molar-refractivity contribution in [1.82, 2.24) is 42.1 Å². The van der Waals surface area contributed by atoms with Crippen LogP contribution in [-0.4, -0.2) is 159 Å². The Morgan fingerprint density at radius 1 is 0.912 bits per heavy atom. The number of nitrogens with one attached hydrogen (secondary N) is 7. The molecule has 0 aromatic heterocycles. The average Bonchev–Trinajstić information content (AvgIpc) is 3.55. The number of hydrogen-bond donors (Lipinski definition) is 12. The zero-order valence-corrected chi connectivity index (χ0v) is 33.3. The van der Waals surface area contributed by atoms with Gasteiger partial charge in [-0.25, -0.2) is 0 Å². The van der Waals surface area contributed by atoms with Gasteiger partial charge in [0.25, 0.3) is 0 Å². The predicted octanol–water partition coefficient (Wildman–Crippen LogP) is -7.02. The lowest BCUT2D eigenvalue weighted by atomic mass is 9.95. The maximum Gasteiger partial charge on any atom is 0.248 e. The largest absolute Gasteiger partial charge is 0.610 e. The average molecular weight is 833 g/mol. The first kappa shape index (κ1) is 50.0. The zero-order valence-electron chi connectivity index (χ0n) is 32.5. The van der Waals surface area contributed by atoms with Crippen LogP contribution in [0, 0.1) is 11.8 Å². The van der Waals surface area contributed by atoms with Crippen molar-refractivity contribution in [3.63, 3.8) is 0 Å². The smallest absolute Gasteiger partial charge is 0.248 e. The van der Waals surface area contributed by atoms with Crippen molar-refractivity contribution in [3.8, 4) is 0 Å². The Bertz CT molecular complexity index is 1500. The van der Waals surface area contributed by atoms with Gasteiger partial charge in [-0.2, -0.15) is 0 Å². The molecule has 2 unspecified atom stereocenters. The van der Waals surface area contributed by atoms with Gasteiger partial charge in [0.1, 0.15) is 29.9 Å². The Balaban J connectivity index is 3.29. The number of carbonyl (C=O) groups is 9. The molecule has 0 aromatic carbocycles. The second-order valence-corrected chi connectivity index (χ2v) is 15.0. The van der Waals surface area contributed by atoms with Gasteiger partial charge in [-0.05, 0) is 12.5 Å². The fraction of sp³-hybridized carbons (Fsp3) is 0.667. The molecule has 1 aliphatic heterocycles. The van der Waals surface area contributed by atoms with Crippen LogP contribution >= 0.6 is 0 Å². The summed E-state index contributed by atoms with van der Waals surface area (Å²) in [7, 11) is 1.39. The zero-order chi connectivity index (χ0) is 43.7. The first-order chi connectivity index (χ1) is 26.6. The SMILES string of the molecule is C=C(NC)[S+]([O-])C[C@H](NC(=O)CNC(=O)[C@@H](NC(=O)CNC(C)=O)[C@@H](C)CC)C(=O)N[C@@H](CC(N)=O)C(=O)N1CC(O)C[C@H]1C(=O)N[C@H](C(N)=O)[C@@H](C)[C@@H](O)CO. The van der Waals surface area contributed by atoms with Gasteiger partial charge in [-0.1, -0.05) is 27.2 Å². The minimum absolute atomic E-state index is 0.0542. The van der Waals surface area contributed by atoms with Gasteiger partial charge in [-0.3, -0.25) is 43.2 Å². The van der Waals surface area contributed by atoms with Crippen molar-refractivity contribution in [2.45, 2.75) is 89.4 Å². The van der Waals surface area contributed by atoms with Crippen LogP contribution in [0.25, 0.3) is 0 Å². The first-order valence-electron chi connectivity index (χ1n) is 17.9. The van der Waals surface area contributed by atoms with Crippen molar-refractivity contribution in [2.75, 3.05) is 39.0 Å². The summed E-state index contributed by atoms with van der Waals surface area (Å²) in [4.78, 5) is 116. The second kappa shape index (κ2) is 23.9. The monoisotopic (exact) mass is 832 g/mol. The molecule has 0 saturated carbocycles. The van der Waals surface area contributed by atoms with Crippen molar-refractivity contribution in [1.29, 1.82) is 0 Å². The van der Waals surface area contributed by atoms with E-state index in [9.17, 15) is 63.0 Å². The molecular weight excluding hydrogens is 776 g/mol. The van der Waals surface area contributed by atoms with E-state index in [0.717, 1.165) is 4.90 Å². The Hall–Kier alpha value is -5.04. The number of hydrogen-bond acceptors (Lipinski definition) is 14. The third-order valence-electron chi connectivity index (χ3n) is 9.07. The van der Waals surface area contributed by atoms with Crippen LogP contribution in [0.5, 0.6) is 0 Å². The Kier molecular flexibility index (Phi) is 21.0. The van der Waals surface area contributed by atoms with Gasteiger partial charge in [0.15, 0.2) is 6.04 Å². The van der Waals surface area contributed by atoms with Gasteiger partial charge in [-0.15, -0.1) is 0 Å². The summed E-state index contributed by atoms with van der Waals surface area (Å²) >= 11 is -2.03. The standard InChI is InChI=1S/C33H56N10O13S/c1-7-15(2)27(41-26(50)10-37-17(4)45)32(54)38-11-25(49)39-21(14-57(56)18(5)36-6)30(52)40-20(9-24(34)48)33(55)43-12-19(46)8-22(43)31(53)42-28(29(35)51)16(3)23(47)13-44/h15-16,19-23,27-28,36,44,46-47H,5,7-14H2,1-4,6H3,(H2,34,48)(H2,35,51)(H,37,45)(H,38,54)(H,39,49)(H,40,52)(H,41,50)(H,42,53)/t15-,16-,19?,20-,21-,22-,23-,27-,28-,57?/m0/s1. The lowest BCUT2D eigenvalue weighted by Crippen LogP contribution is -2.60. The van der Waals surface area contributed by atoms with Crippen molar-refractivity contribution < 1.29 is 63.0 Å². The summed E-state index contributed by atoms with van der Waals surface area (Å²) in [5, 5.41) is 46.3.